The van der Waals surface area contributed by atoms with Gasteiger partial charge >= 0.3 is 0 Å². The number of para-hydroxylation sites is 2. The van der Waals surface area contributed by atoms with E-state index in [9.17, 15) is 4.79 Å². The summed E-state index contributed by atoms with van der Waals surface area (Å²) in [6.07, 6.45) is 5.53. The van der Waals surface area contributed by atoms with Gasteiger partial charge in [-0.3, -0.25) is 10.2 Å². The maximum absolute atomic E-state index is 12.5. The molecular weight excluding hydrogens is 302 g/mol. The van der Waals surface area contributed by atoms with Crippen molar-refractivity contribution in [2.24, 2.45) is 13.0 Å². The molecule has 1 aliphatic heterocycles. The third-order valence-corrected chi connectivity index (χ3v) is 5.48. The number of nitrogens with zero attached hydrogens (tertiary/aromatic N) is 2. The van der Waals surface area contributed by atoms with E-state index in [1.54, 1.807) is 0 Å². The third kappa shape index (κ3) is 2.80. The van der Waals surface area contributed by atoms with Crippen LogP contribution in [0.15, 0.2) is 24.3 Å². The Kier molecular flexibility index (Phi) is 4.24. The van der Waals surface area contributed by atoms with Gasteiger partial charge in [0.05, 0.1) is 11.0 Å². The van der Waals surface area contributed by atoms with Crippen LogP contribution in [-0.4, -0.2) is 34.1 Å². The first kappa shape index (κ1) is 15.6. The minimum Gasteiger partial charge on any atom is -0.354 e. The summed E-state index contributed by atoms with van der Waals surface area (Å²) in [6.45, 7) is 0.617. The molecule has 24 heavy (non-hydrogen) atoms. The van der Waals surface area contributed by atoms with Gasteiger partial charge < -0.3 is 9.88 Å². The van der Waals surface area contributed by atoms with Gasteiger partial charge in [-0.25, -0.2) is 10.4 Å². The van der Waals surface area contributed by atoms with E-state index in [-0.39, 0.29) is 11.9 Å². The Bertz CT molecular complexity index is 740. The van der Waals surface area contributed by atoms with Gasteiger partial charge in [-0.1, -0.05) is 25.0 Å². The van der Waals surface area contributed by atoms with Gasteiger partial charge in [0, 0.05) is 32.0 Å². The Balaban J connectivity index is 1.35. The maximum atomic E-state index is 12.5. The van der Waals surface area contributed by atoms with E-state index in [2.05, 4.69) is 31.8 Å². The molecule has 6 nitrogen and oxygen atoms in total. The maximum Gasteiger partial charge on any atom is 0.238 e. The molecule has 3 atom stereocenters. The summed E-state index contributed by atoms with van der Waals surface area (Å²) in [5.74, 6) is 1.54. The van der Waals surface area contributed by atoms with E-state index in [1.807, 2.05) is 25.2 Å². The normalized spacial score (nSPS) is 26.5. The zero-order valence-corrected chi connectivity index (χ0v) is 14.1. The van der Waals surface area contributed by atoms with Crippen LogP contribution in [0.1, 0.15) is 31.5 Å². The van der Waals surface area contributed by atoms with Gasteiger partial charge in [0.15, 0.2) is 0 Å². The third-order valence-electron chi connectivity index (χ3n) is 5.48. The van der Waals surface area contributed by atoms with Crippen molar-refractivity contribution in [2.45, 2.75) is 44.2 Å². The fourth-order valence-corrected chi connectivity index (χ4v) is 4.13. The predicted molar refractivity (Wildman–Crippen MR) is 93.2 cm³/mol. The van der Waals surface area contributed by atoms with Crippen LogP contribution in [0, 0.1) is 5.92 Å². The van der Waals surface area contributed by atoms with Crippen molar-refractivity contribution in [3.63, 3.8) is 0 Å². The summed E-state index contributed by atoms with van der Waals surface area (Å²) in [5, 5.41) is 3.08. The summed E-state index contributed by atoms with van der Waals surface area (Å²) in [4.78, 5) is 17.2. The van der Waals surface area contributed by atoms with Crippen molar-refractivity contribution >= 4 is 16.9 Å². The lowest BCUT2D eigenvalue weighted by atomic mass is 9.81. The number of carbonyl (C=O) groups excluding carboxylic acids is 1. The minimum absolute atomic E-state index is 0.101. The summed E-state index contributed by atoms with van der Waals surface area (Å²) in [5.41, 5.74) is 8.63. The monoisotopic (exact) mass is 327 g/mol. The molecule has 2 fully saturated rings. The molecule has 128 valence electrons. The molecule has 1 saturated carbocycles. The standard InChI is InChI=1S/C18H25N5O/c1-23-15-9-5-4-8-14(15)20-16(23)10-11-19-18(24)17-12-6-2-3-7-13(12)21-22-17/h4-5,8-9,12-13,17,21-22H,2-3,6-7,10-11H2,1H3,(H,19,24). The number of fused-ring (bicyclic) bond motifs is 2. The zero-order valence-electron chi connectivity index (χ0n) is 14.1. The minimum atomic E-state index is -0.101. The molecule has 3 N–H and O–H groups in total. The van der Waals surface area contributed by atoms with Crippen molar-refractivity contribution in [2.75, 3.05) is 6.54 Å². The molecule has 1 aromatic heterocycles. The van der Waals surface area contributed by atoms with Crippen LogP contribution in [0.5, 0.6) is 0 Å². The van der Waals surface area contributed by atoms with Crippen LogP contribution >= 0.6 is 0 Å². The van der Waals surface area contributed by atoms with Gasteiger partial charge in [-0.2, -0.15) is 0 Å². The number of carbonyl (C=O) groups is 1. The van der Waals surface area contributed by atoms with Crippen molar-refractivity contribution < 1.29 is 4.79 Å². The van der Waals surface area contributed by atoms with Crippen LogP contribution in [0.3, 0.4) is 0 Å². The van der Waals surface area contributed by atoms with E-state index < -0.39 is 0 Å². The Hall–Kier alpha value is -1.92. The molecule has 2 aliphatic rings. The highest BCUT2D eigenvalue weighted by Gasteiger charge is 2.40. The van der Waals surface area contributed by atoms with Crippen LogP contribution in [0.2, 0.25) is 0 Å². The molecule has 3 unspecified atom stereocenters. The largest absolute Gasteiger partial charge is 0.354 e. The van der Waals surface area contributed by atoms with Gasteiger partial charge in [-0.15, -0.1) is 0 Å². The van der Waals surface area contributed by atoms with Gasteiger partial charge in [0.2, 0.25) is 5.91 Å². The highest BCUT2D eigenvalue weighted by Crippen LogP contribution is 2.30. The molecule has 1 amide bonds. The molecule has 0 spiro atoms. The van der Waals surface area contributed by atoms with Gasteiger partial charge in [-0.05, 0) is 25.0 Å². The van der Waals surface area contributed by atoms with Crippen LogP contribution in [0.25, 0.3) is 11.0 Å². The van der Waals surface area contributed by atoms with Crippen LogP contribution in [-0.2, 0) is 18.3 Å². The first-order valence-corrected chi connectivity index (χ1v) is 8.93. The molecule has 0 bridgehead atoms. The van der Waals surface area contributed by atoms with Gasteiger partial charge in [0.1, 0.15) is 11.9 Å². The lowest BCUT2D eigenvalue weighted by molar-refractivity contribution is -0.123. The van der Waals surface area contributed by atoms with Crippen molar-refractivity contribution in [1.29, 1.82) is 0 Å². The van der Waals surface area contributed by atoms with Crippen molar-refractivity contribution in [1.82, 2.24) is 25.7 Å². The lowest BCUT2D eigenvalue weighted by Crippen LogP contribution is -2.46. The molecule has 1 saturated heterocycles. The second kappa shape index (κ2) is 6.53. The number of imidazole rings is 1. The summed E-state index contributed by atoms with van der Waals surface area (Å²) >= 11 is 0. The Morgan fingerprint density at radius 1 is 1.29 bits per heavy atom. The average molecular weight is 327 g/mol. The fraction of sp³-hybridized carbons (Fsp3) is 0.556. The Morgan fingerprint density at radius 2 is 2.12 bits per heavy atom. The fourth-order valence-electron chi connectivity index (χ4n) is 4.13. The Morgan fingerprint density at radius 3 is 3.00 bits per heavy atom. The number of hydrogen-bond donors (Lipinski definition) is 3. The molecule has 1 aromatic carbocycles. The molecule has 2 aromatic rings. The van der Waals surface area contributed by atoms with E-state index in [0.29, 0.717) is 18.5 Å². The summed E-state index contributed by atoms with van der Waals surface area (Å²) in [6, 6.07) is 8.47. The topological polar surface area (TPSA) is 71.0 Å². The predicted octanol–water partition coefficient (Wildman–Crippen LogP) is 1.27. The summed E-state index contributed by atoms with van der Waals surface area (Å²) < 4.78 is 2.11. The first-order chi connectivity index (χ1) is 11.7. The van der Waals surface area contributed by atoms with E-state index in [1.165, 1.54) is 19.3 Å². The van der Waals surface area contributed by atoms with Gasteiger partial charge in [0.25, 0.3) is 0 Å². The van der Waals surface area contributed by atoms with Crippen LogP contribution in [0.4, 0.5) is 0 Å². The number of benzene rings is 1. The highest BCUT2D eigenvalue weighted by atomic mass is 16.2. The molecular formula is C18H25N5O. The molecule has 0 radical (unpaired) electrons. The summed E-state index contributed by atoms with van der Waals surface area (Å²) in [7, 11) is 2.03. The lowest BCUT2D eigenvalue weighted by Gasteiger charge is -2.26. The van der Waals surface area contributed by atoms with Crippen molar-refractivity contribution in [3.8, 4) is 0 Å². The van der Waals surface area contributed by atoms with Crippen LogP contribution < -0.4 is 16.2 Å². The smallest absolute Gasteiger partial charge is 0.238 e. The molecule has 6 heteroatoms. The second-order valence-electron chi connectivity index (χ2n) is 6.94. The average Bonchev–Trinajstić information content (AvgIpc) is 3.17. The quantitative estimate of drug-likeness (QED) is 0.791. The number of rotatable bonds is 4. The first-order valence-electron chi connectivity index (χ1n) is 8.93. The number of amides is 1. The second-order valence-corrected chi connectivity index (χ2v) is 6.94. The number of nitrogens with one attached hydrogen (secondary N) is 3. The number of aryl methyl sites for hydroxylation is 1. The van der Waals surface area contributed by atoms with E-state index in [0.717, 1.165) is 29.7 Å². The molecule has 4 rings (SSSR count). The van der Waals surface area contributed by atoms with E-state index >= 15 is 0 Å². The Labute approximate surface area is 142 Å². The molecule has 1 aliphatic carbocycles. The van der Waals surface area contributed by atoms with Crippen molar-refractivity contribution in [3.05, 3.63) is 30.1 Å². The SMILES string of the molecule is Cn1c(CCNC(=O)C2NNC3CCCCC32)nc2ccccc21. The number of aromatic nitrogens is 2. The zero-order chi connectivity index (χ0) is 16.5. The highest BCUT2D eigenvalue weighted by molar-refractivity contribution is 5.82. The molecule has 2 heterocycles. The number of hydrazine groups is 1. The number of hydrogen-bond acceptors (Lipinski definition) is 4. The van der Waals surface area contributed by atoms with E-state index in [4.69, 9.17) is 0 Å².